The quantitative estimate of drug-likeness (QED) is 0.883. The largest absolute Gasteiger partial charge is 0.360 e. The summed E-state index contributed by atoms with van der Waals surface area (Å²) in [6.45, 7) is 7.94. The fraction of sp³-hybridized carbons (Fsp3) is 0.444. The lowest BCUT2D eigenvalue weighted by Gasteiger charge is -2.20. The molecule has 1 aromatic carbocycles. The Balaban J connectivity index is 1.85. The molecular formula is C18H23N3O4S. The molecule has 1 amide bonds. The number of anilines is 2. The van der Waals surface area contributed by atoms with Crippen LogP contribution in [0.15, 0.2) is 22.7 Å². The van der Waals surface area contributed by atoms with Gasteiger partial charge >= 0.3 is 0 Å². The maximum absolute atomic E-state index is 12.7. The molecule has 2 aromatic rings. The predicted molar refractivity (Wildman–Crippen MR) is 100 cm³/mol. The first-order valence-corrected chi connectivity index (χ1v) is 10.2. The Morgan fingerprint density at radius 1 is 1.31 bits per heavy atom. The van der Waals surface area contributed by atoms with E-state index in [1.54, 1.807) is 25.1 Å². The van der Waals surface area contributed by atoms with Gasteiger partial charge in [-0.2, -0.15) is 0 Å². The Kier molecular flexibility index (Phi) is 4.79. The van der Waals surface area contributed by atoms with Crippen LogP contribution in [0.2, 0.25) is 0 Å². The highest BCUT2D eigenvalue weighted by Gasteiger charge is 2.29. The molecule has 3 rings (SSSR count). The van der Waals surface area contributed by atoms with Crippen LogP contribution in [0.1, 0.15) is 53.6 Å². The number of amides is 1. The molecule has 1 aromatic heterocycles. The Hall–Kier alpha value is -2.35. The molecule has 0 spiro atoms. The Bertz CT molecular complexity index is 947. The zero-order valence-electron chi connectivity index (χ0n) is 15.4. The van der Waals surface area contributed by atoms with Crippen LogP contribution in [0.4, 0.5) is 11.4 Å². The second kappa shape index (κ2) is 6.75. The first-order valence-electron chi connectivity index (χ1n) is 8.59. The van der Waals surface area contributed by atoms with Gasteiger partial charge in [0.05, 0.1) is 17.1 Å². The summed E-state index contributed by atoms with van der Waals surface area (Å²) in [6.07, 6.45) is 0.630. The van der Waals surface area contributed by atoms with E-state index in [0.717, 1.165) is 5.56 Å². The number of benzene rings is 1. The molecule has 1 aliphatic rings. The second-order valence-corrected chi connectivity index (χ2v) is 8.87. The molecule has 7 nitrogen and oxygen atoms in total. The molecule has 140 valence electrons. The van der Waals surface area contributed by atoms with Gasteiger partial charge in [-0.1, -0.05) is 19.0 Å². The standard InChI is InChI=1S/C18H23N3O4S/c1-11(2)17-16(13(4)20-25-17)18(22)19-14-6-7-15(12(3)10-14)21-8-5-9-26(21,23)24/h6-7,10-11H,5,8-9H2,1-4H3,(H,19,22). The normalized spacial score (nSPS) is 16.3. The highest BCUT2D eigenvalue weighted by molar-refractivity contribution is 7.93. The summed E-state index contributed by atoms with van der Waals surface area (Å²) in [6, 6.07) is 5.22. The molecule has 8 heteroatoms. The topological polar surface area (TPSA) is 92.5 Å². The van der Waals surface area contributed by atoms with Gasteiger partial charge in [-0.25, -0.2) is 8.42 Å². The lowest BCUT2D eigenvalue weighted by Crippen LogP contribution is -2.25. The van der Waals surface area contributed by atoms with Crippen LogP contribution in [0, 0.1) is 13.8 Å². The number of carbonyl (C=O) groups excluding carboxylic acids is 1. The molecule has 0 bridgehead atoms. The van der Waals surface area contributed by atoms with E-state index in [4.69, 9.17) is 4.52 Å². The van der Waals surface area contributed by atoms with Crippen molar-refractivity contribution in [2.45, 2.75) is 40.0 Å². The number of aryl methyl sites for hydroxylation is 2. The third kappa shape index (κ3) is 3.33. The van der Waals surface area contributed by atoms with E-state index in [0.29, 0.717) is 41.4 Å². The number of hydrogen-bond donors (Lipinski definition) is 1. The van der Waals surface area contributed by atoms with Crippen LogP contribution in [0.3, 0.4) is 0 Å². The van der Waals surface area contributed by atoms with Crippen LogP contribution in [0.5, 0.6) is 0 Å². The van der Waals surface area contributed by atoms with Crippen molar-refractivity contribution in [3.05, 3.63) is 40.8 Å². The van der Waals surface area contributed by atoms with Gasteiger partial charge in [-0.3, -0.25) is 9.10 Å². The zero-order chi connectivity index (χ0) is 19.1. The first-order chi connectivity index (χ1) is 12.2. The summed E-state index contributed by atoms with van der Waals surface area (Å²) in [7, 11) is -3.23. The van der Waals surface area contributed by atoms with Crippen LogP contribution in [-0.4, -0.2) is 31.8 Å². The average molecular weight is 377 g/mol. The van der Waals surface area contributed by atoms with E-state index in [2.05, 4.69) is 10.5 Å². The van der Waals surface area contributed by atoms with Crippen molar-refractivity contribution >= 4 is 27.3 Å². The molecule has 0 saturated carbocycles. The van der Waals surface area contributed by atoms with Crippen molar-refractivity contribution in [3.63, 3.8) is 0 Å². The Morgan fingerprint density at radius 3 is 2.62 bits per heavy atom. The van der Waals surface area contributed by atoms with Gasteiger partial charge in [-0.15, -0.1) is 0 Å². The summed E-state index contributed by atoms with van der Waals surface area (Å²) in [5.41, 5.74) is 3.04. The molecular weight excluding hydrogens is 354 g/mol. The van der Waals surface area contributed by atoms with Crippen molar-refractivity contribution in [2.75, 3.05) is 21.9 Å². The zero-order valence-corrected chi connectivity index (χ0v) is 16.2. The summed E-state index contributed by atoms with van der Waals surface area (Å²) in [5, 5.41) is 6.74. The van der Waals surface area contributed by atoms with E-state index in [1.807, 2.05) is 20.8 Å². The van der Waals surface area contributed by atoms with Gasteiger partial charge in [0, 0.05) is 18.2 Å². The van der Waals surface area contributed by atoms with Gasteiger partial charge in [0.15, 0.2) is 5.76 Å². The van der Waals surface area contributed by atoms with Crippen molar-refractivity contribution in [2.24, 2.45) is 0 Å². The fourth-order valence-electron chi connectivity index (χ4n) is 3.17. The molecule has 1 saturated heterocycles. The van der Waals surface area contributed by atoms with E-state index >= 15 is 0 Å². The van der Waals surface area contributed by atoms with E-state index in [9.17, 15) is 13.2 Å². The van der Waals surface area contributed by atoms with Crippen LogP contribution in [-0.2, 0) is 10.0 Å². The number of nitrogens with one attached hydrogen (secondary N) is 1. The smallest absolute Gasteiger partial charge is 0.261 e. The second-order valence-electron chi connectivity index (χ2n) is 6.86. The highest BCUT2D eigenvalue weighted by Crippen LogP contribution is 2.30. The molecule has 0 radical (unpaired) electrons. The minimum atomic E-state index is -3.23. The third-order valence-corrected chi connectivity index (χ3v) is 6.32. The van der Waals surface area contributed by atoms with Crippen molar-refractivity contribution < 1.29 is 17.7 Å². The molecule has 0 unspecified atom stereocenters. The van der Waals surface area contributed by atoms with Gasteiger partial charge in [-0.05, 0) is 44.0 Å². The maximum Gasteiger partial charge on any atom is 0.261 e. The number of sulfonamides is 1. The molecule has 0 aliphatic carbocycles. The lowest BCUT2D eigenvalue weighted by molar-refractivity contribution is 0.102. The number of nitrogens with zero attached hydrogens (tertiary/aromatic N) is 2. The average Bonchev–Trinajstić information content (AvgIpc) is 3.10. The lowest BCUT2D eigenvalue weighted by atomic mass is 10.0. The highest BCUT2D eigenvalue weighted by atomic mass is 32.2. The maximum atomic E-state index is 12.7. The summed E-state index contributed by atoms with van der Waals surface area (Å²) in [5.74, 6) is 0.488. The number of aromatic nitrogens is 1. The molecule has 0 atom stereocenters. The summed E-state index contributed by atoms with van der Waals surface area (Å²) in [4.78, 5) is 12.7. The van der Waals surface area contributed by atoms with Crippen molar-refractivity contribution in [1.29, 1.82) is 0 Å². The van der Waals surface area contributed by atoms with E-state index in [-0.39, 0.29) is 17.6 Å². The summed E-state index contributed by atoms with van der Waals surface area (Å²) < 4.78 is 30.9. The number of hydrogen-bond acceptors (Lipinski definition) is 5. The van der Waals surface area contributed by atoms with Crippen LogP contribution in [0.25, 0.3) is 0 Å². The minimum Gasteiger partial charge on any atom is -0.360 e. The third-order valence-electron chi connectivity index (χ3n) is 4.46. The molecule has 1 fully saturated rings. The van der Waals surface area contributed by atoms with E-state index < -0.39 is 10.0 Å². The summed E-state index contributed by atoms with van der Waals surface area (Å²) >= 11 is 0. The van der Waals surface area contributed by atoms with Gasteiger partial charge < -0.3 is 9.84 Å². The number of rotatable bonds is 4. The fourth-order valence-corrected chi connectivity index (χ4v) is 4.80. The van der Waals surface area contributed by atoms with E-state index in [1.165, 1.54) is 4.31 Å². The monoisotopic (exact) mass is 377 g/mol. The van der Waals surface area contributed by atoms with Crippen molar-refractivity contribution in [3.8, 4) is 0 Å². The Morgan fingerprint density at radius 2 is 2.04 bits per heavy atom. The van der Waals surface area contributed by atoms with Crippen LogP contribution >= 0.6 is 0 Å². The van der Waals surface area contributed by atoms with Gasteiger partial charge in [0.25, 0.3) is 5.91 Å². The van der Waals surface area contributed by atoms with Gasteiger partial charge in [0.2, 0.25) is 10.0 Å². The predicted octanol–water partition coefficient (Wildman–Crippen LogP) is 3.21. The molecule has 1 aliphatic heterocycles. The minimum absolute atomic E-state index is 0.0430. The molecule has 2 heterocycles. The first kappa shape index (κ1) is 18.4. The number of carbonyl (C=O) groups is 1. The van der Waals surface area contributed by atoms with Crippen LogP contribution < -0.4 is 9.62 Å². The SMILES string of the molecule is Cc1cc(NC(=O)c2c(C)noc2C(C)C)ccc1N1CCCS1(=O)=O. The van der Waals surface area contributed by atoms with Gasteiger partial charge in [0.1, 0.15) is 5.56 Å². The Labute approximate surface area is 153 Å². The van der Waals surface area contributed by atoms with Crippen molar-refractivity contribution in [1.82, 2.24) is 5.16 Å². The molecule has 1 N–H and O–H groups in total. The molecule has 26 heavy (non-hydrogen) atoms.